The van der Waals surface area contributed by atoms with Crippen molar-refractivity contribution < 1.29 is 13.7 Å². The van der Waals surface area contributed by atoms with Crippen LogP contribution in [0.4, 0.5) is 0 Å². The van der Waals surface area contributed by atoms with E-state index in [9.17, 15) is 13.8 Å². The third-order valence-electron chi connectivity index (χ3n) is 4.49. The lowest BCUT2D eigenvalue weighted by Gasteiger charge is -2.16. The zero-order valence-electron chi connectivity index (χ0n) is 15.0. The Hall–Kier alpha value is -2.47. The summed E-state index contributed by atoms with van der Waals surface area (Å²) in [4.78, 5) is 28.1. The number of hydrogen-bond acceptors (Lipinski definition) is 4. The van der Waals surface area contributed by atoms with Gasteiger partial charge in [0.2, 0.25) is 5.43 Å². The van der Waals surface area contributed by atoms with Crippen LogP contribution in [0.5, 0.6) is 5.75 Å². The van der Waals surface area contributed by atoms with Crippen molar-refractivity contribution >= 4 is 27.5 Å². The lowest BCUT2D eigenvalue weighted by molar-refractivity contribution is 0.101. The Kier molecular flexibility index (Phi) is 5.23. The number of ether oxygens (including phenoxy) is 1. The van der Waals surface area contributed by atoms with Crippen LogP contribution in [-0.4, -0.2) is 27.8 Å². The number of aromatic nitrogens is 1. The first kappa shape index (κ1) is 18.3. The van der Waals surface area contributed by atoms with Crippen LogP contribution in [0.25, 0.3) is 10.9 Å². The maximum Gasteiger partial charge on any atom is 0.205 e. The lowest BCUT2D eigenvalue weighted by atomic mass is 9.99. The van der Waals surface area contributed by atoms with Crippen molar-refractivity contribution in [3.8, 4) is 5.75 Å². The molecule has 2 aromatic rings. The topological polar surface area (TPSA) is 76.2 Å². The van der Waals surface area contributed by atoms with E-state index in [0.717, 1.165) is 6.42 Å². The zero-order chi connectivity index (χ0) is 18.8. The van der Waals surface area contributed by atoms with Crippen LogP contribution in [-0.2, 0) is 10.8 Å². The molecule has 5 nitrogen and oxygen atoms in total. The van der Waals surface area contributed by atoms with Crippen molar-refractivity contribution in [3.05, 3.63) is 57.8 Å². The summed E-state index contributed by atoms with van der Waals surface area (Å²) >= 11 is 0. The number of hydrogen-bond donors (Lipinski definition) is 1. The van der Waals surface area contributed by atoms with E-state index < -0.39 is 22.0 Å². The van der Waals surface area contributed by atoms with Crippen molar-refractivity contribution in [1.29, 1.82) is 0 Å². The van der Waals surface area contributed by atoms with Gasteiger partial charge in [0.25, 0.3) is 0 Å². The van der Waals surface area contributed by atoms with E-state index in [1.807, 2.05) is 19.1 Å². The van der Waals surface area contributed by atoms with Crippen molar-refractivity contribution in [3.63, 3.8) is 0 Å². The minimum Gasteiger partial charge on any atom is -0.496 e. The summed E-state index contributed by atoms with van der Waals surface area (Å²) in [5, 5.41) is 0.500. The molecule has 6 heteroatoms. The lowest BCUT2D eigenvalue weighted by Crippen LogP contribution is -2.22. The third-order valence-corrected chi connectivity index (χ3v) is 5.99. The molecule has 0 fully saturated rings. The molecule has 1 aromatic heterocycles. The SMILES string of the molecule is COc1cccc2[nH]c([S@](=O)CC3C=CC(C)=CC3)c(C(C)=O)c(=O)c12. The monoisotopic (exact) mass is 371 g/mol. The second-order valence-electron chi connectivity index (χ2n) is 6.41. The molecule has 0 saturated carbocycles. The molecule has 1 aromatic carbocycles. The quantitative estimate of drug-likeness (QED) is 0.818. The van der Waals surface area contributed by atoms with Gasteiger partial charge in [-0.25, -0.2) is 0 Å². The first-order chi connectivity index (χ1) is 12.4. The molecular weight excluding hydrogens is 350 g/mol. The predicted octanol–water partition coefficient (Wildman–Crippen LogP) is 3.37. The number of benzene rings is 1. The molecular formula is C20H21NO4S. The highest BCUT2D eigenvalue weighted by Crippen LogP contribution is 2.25. The molecule has 1 aliphatic carbocycles. The van der Waals surface area contributed by atoms with Crippen molar-refractivity contribution in [2.24, 2.45) is 5.92 Å². The minimum atomic E-state index is -1.50. The number of nitrogens with one attached hydrogen (secondary N) is 1. The van der Waals surface area contributed by atoms with Crippen molar-refractivity contribution in [1.82, 2.24) is 4.98 Å². The summed E-state index contributed by atoms with van der Waals surface area (Å²) in [5.74, 6) is 0.451. The number of pyridine rings is 1. The average molecular weight is 371 g/mol. The fourth-order valence-corrected chi connectivity index (χ4v) is 4.61. The van der Waals surface area contributed by atoms with Crippen LogP contribution in [0.15, 0.2) is 51.8 Å². The van der Waals surface area contributed by atoms with Crippen LogP contribution in [0.3, 0.4) is 0 Å². The predicted molar refractivity (Wildman–Crippen MR) is 103 cm³/mol. The summed E-state index contributed by atoms with van der Waals surface area (Å²) < 4.78 is 18.2. The fourth-order valence-electron chi connectivity index (χ4n) is 3.12. The van der Waals surface area contributed by atoms with E-state index in [2.05, 4.69) is 11.1 Å². The molecule has 2 atom stereocenters. The molecule has 0 radical (unpaired) electrons. The van der Waals surface area contributed by atoms with Crippen LogP contribution >= 0.6 is 0 Å². The van der Waals surface area contributed by atoms with Crippen molar-refractivity contribution in [2.45, 2.75) is 25.3 Å². The Bertz CT molecular complexity index is 1020. The van der Waals surface area contributed by atoms with E-state index in [1.54, 1.807) is 18.2 Å². The maximum atomic E-state index is 13.0. The van der Waals surface area contributed by atoms with Gasteiger partial charge in [0.05, 0.1) is 34.4 Å². The van der Waals surface area contributed by atoms with Crippen molar-refractivity contribution in [2.75, 3.05) is 12.9 Å². The highest BCUT2D eigenvalue weighted by Gasteiger charge is 2.23. The van der Waals surface area contributed by atoms with Gasteiger partial charge in [-0.3, -0.25) is 13.8 Å². The highest BCUT2D eigenvalue weighted by molar-refractivity contribution is 7.85. The summed E-state index contributed by atoms with van der Waals surface area (Å²) in [6.07, 6.45) is 6.94. The third kappa shape index (κ3) is 3.42. The van der Waals surface area contributed by atoms with Gasteiger partial charge in [-0.05, 0) is 38.3 Å². The molecule has 0 saturated heterocycles. The number of H-pyrrole nitrogens is 1. The van der Waals surface area contributed by atoms with E-state index in [4.69, 9.17) is 4.74 Å². The Morgan fingerprint density at radius 3 is 2.77 bits per heavy atom. The molecule has 1 unspecified atom stereocenters. The molecule has 3 rings (SSSR count). The van der Waals surface area contributed by atoms with Gasteiger partial charge in [0.1, 0.15) is 10.8 Å². The fraction of sp³-hybridized carbons (Fsp3) is 0.300. The number of carbonyl (C=O) groups is 1. The number of allylic oxidation sites excluding steroid dienone is 4. The van der Waals surface area contributed by atoms with E-state index in [0.29, 0.717) is 22.4 Å². The van der Waals surface area contributed by atoms with E-state index >= 15 is 0 Å². The average Bonchev–Trinajstić information content (AvgIpc) is 2.62. The Morgan fingerprint density at radius 2 is 2.15 bits per heavy atom. The number of methoxy groups -OCH3 is 1. The van der Waals surface area contributed by atoms with Gasteiger partial charge in [0, 0.05) is 5.75 Å². The Morgan fingerprint density at radius 1 is 1.38 bits per heavy atom. The molecule has 26 heavy (non-hydrogen) atoms. The van der Waals surface area contributed by atoms with Gasteiger partial charge in [-0.15, -0.1) is 0 Å². The number of carbonyl (C=O) groups excluding carboxylic acids is 1. The summed E-state index contributed by atoms with van der Waals surface area (Å²) in [7, 11) is -0.0260. The van der Waals surface area contributed by atoms with Crippen LogP contribution in [0.1, 0.15) is 30.6 Å². The molecule has 0 amide bonds. The summed E-state index contributed by atoms with van der Waals surface area (Å²) in [5.41, 5.74) is 1.20. The number of aromatic amines is 1. The maximum absolute atomic E-state index is 13.0. The van der Waals surface area contributed by atoms with Gasteiger partial charge in [-0.2, -0.15) is 0 Å². The van der Waals surface area contributed by atoms with Gasteiger partial charge < -0.3 is 9.72 Å². The van der Waals surface area contributed by atoms with Crippen LogP contribution in [0, 0.1) is 5.92 Å². The highest BCUT2D eigenvalue weighted by atomic mass is 32.2. The molecule has 136 valence electrons. The van der Waals surface area contributed by atoms with Crippen LogP contribution < -0.4 is 10.2 Å². The Balaban J connectivity index is 2.09. The molecule has 1 heterocycles. The largest absolute Gasteiger partial charge is 0.496 e. The van der Waals surface area contributed by atoms with E-state index in [1.165, 1.54) is 19.6 Å². The van der Waals surface area contributed by atoms with Crippen LogP contribution in [0.2, 0.25) is 0 Å². The number of rotatable bonds is 5. The smallest absolute Gasteiger partial charge is 0.205 e. The first-order valence-corrected chi connectivity index (χ1v) is 9.71. The van der Waals surface area contributed by atoms with Gasteiger partial charge in [-0.1, -0.05) is 29.9 Å². The molecule has 1 aliphatic rings. The van der Waals surface area contributed by atoms with Gasteiger partial charge >= 0.3 is 0 Å². The number of Topliss-reactive ketones (excluding diaryl/α,β-unsaturated/α-hetero) is 1. The second-order valence-corrected chi connectivity index (χ2v) is 7.85. The number of ketones is 1. The number of fused-ring (bicyclic) bond motifs is 1. The summed E-state index contributed by atoms with van der Waals surface area (Å²) in [6.45, 7) is 3.34. The van der Waals surface area contributed by atoms with Gasteiger partial charge in [0.15, 0.2) is 5.78 Å². The molecule has 0 bridgehead atoms. The molecule has 0 aliphatic heterocycles. The molecule has 1 N–H and O–H groups in total. The second kappa shape index (κ2) is 7.41. The first-order valence-electron chi connectivity index (χ1n) is 8.39. The normalized spacial score (nSPS) is 17.8. The molecule has 0 spiro atoms. The zero-order valence-corrected chi connectivity index (χ0v) is 15.8. The van der Waals surface area contributed by atoms with E-state index in [-0.39, 0.29) is 16.5 Å². The Labute approximate surface area is 154 Å². The standard InChI is InChI=1S/C20H21NO4S/c1-12-7-9-14(10-8-12)11-26(24)20-17(13(2)22)19(23)18-15(21-20)5-4-6-16(18)25-3/h4-9,14H,10-11H2,1-3H3,(H,21,23)/t14?,26-/m1/s1. The minimum absolute atomic E-state index is 0.0492. The summed E-state index contributed by atoms with van der Waals surface area (Å²) in [6, 6.07) is 5.13.